The Hall–Kier alpha value is -1.65. The predicted molar refractivity (Wildman–Crippen MR) is 71.5 cm³/mol. The Morgan fingerprint density at radius 3 is 2.72 bits per heavy atom. The van der Waals surface area contributed by atoms with Crippen LogP contribution in [0.2, 0.25) is 0 Å². The number of aryl methyl sites for hydroxylation is 1. The highest BCUT2D eigenvalue weighted by molar-refractivity contribution is 7.99. The van der Waals surface area contributed by atoms with Crippen LogP contribution in [0.3, 0.4) is 0 Å². The maximum absolute atomic E-state index is 10.9. The van der Waals surface area contributed by atoms with Gasteiger partial charge in [-0.2, -0.15) is 0 Å². The van der Waals surface area contributed by atoms with Crippen molar-refractivity contribution in [2.45, 2.75) is 24.8 Å². The fourth-order valence-electron chi connectivity index (χ4n) is 1.31. The van der Waals surface area contributed by atoms with Gasteiger partial charge in [0.2, 0.25) is 0 Å². The molecule has 0 saturated carbocycles. The number of ether oxygens (including phenoxy) is 1. The second-order valence-corrected chi connectivity index (χ2v) is 4.86. The Bertz CT molecular complexity index is 437. The summed E-state index contributed by atoms with van der Waals surface area (Å²) in [7, 11) is 0. The van der Waals surface area contributed by atoms with Gasteiger partial charge in [-0.3, -0.25) is 4.79 Å². The third-order valence-electron chi connectivity index (χ3n) is 2.14. The van der Waals surface area contributed by atoms with Crippen LogP contribution in [0.5, 0.6) is 0 Å². The second kappa shape index (κ2) is 7.63. The Kier molecular flexibility index (Phi) is 6.11. The molecule has 0 heterocycles. The molecule has 1 atom stereocenters. The van der Waals surface area contributed by atoms with Crippen molar-refractivity contribution in [2.75, 3.05) is 12.3 Å². The van der Waals surface area contributed by atoms with E-state index in [1.165, 1.54) is 12.5 Å². The molecule has 1 aromatic carbocycles. The van der Waals surface area contributed by atoms with Gasteiger partial charge in [-0.25, -0.2) is 0 Å². The van der Waals surface area contributed by atoms with Crippen LogP contribution in [-0.2, 0) is 9.53 Å². The van der Waals surface area contributed by atoms with Gasteiger partial charge in [0.25, 0.3) is 0 Å². The Morgan fingerprint density at radius 1 is 1.50 bits per heavy atom. The lowest BCUT2D eigenvalue weighted by molar-refractivity contribution is -0.144. The summed E-state index contributed by atoms with van der Waals surface area (Å²) in [6.45, 7) is 3.53. The number of benzene rings is 1. The van der Waals surface area contributed by atoms with Gasteiger partial charge < -0.3 is 4.74 Å². The highest BCUT2D eigenvalue weighted by atomic mass is 32.2. The van der Waals surface area contributed by atoms with Gasteiger partial charge in [-0.1, -0.05) is 22.8 Å². The molecule has 1 rings (SSSR count). The number of rotatable bonds is 6. The van der Waals surface area contributed by atoms with Crippen molar-refractivity contribution >= 4 is 17.7 Å². The minimum atomic E-state index is -0.385. The number of azide groups is 1. The molecule has 0 spiro atoms. The van der Waals surface area contributed by atoms with E-state index in [0.29, 0.717) is 5.75 Å². The van der Waals surface area contributed by atoms with E-state index in [2.05, 4.69) is 10.0 Å². The number of hydrogen-bond acceptors (Lipinski definition) is 4. The number of carbonyl (C=O) groups excluding carboxylic acids is 1. The molecule has 6 heteroatoms. The average molecular weight is 265 g/mol. The van der Waals surface area contributed by atoms with Crippen molar-refractivity contribution in [3.63, 3.8) is 0 Å². The lowest BCUT2D eigenvalue weighted by Crippen LogP contribution is -2.22. The topological polar surface area (TPSA) is 75.1 Å². The van der Waals surface area contributed by atoms with E-state index in [-0.39, 0.29) is 18.6 Å². The van der Waals surface area contributed by atoms with E-state index < -0.39 is 0 Å². The number of hydrogen-bond donors (Lipinski definition) is 0. The summed E-state index contributed by atoms with van der Waals surface area (Å²) in [5, 5.41) is 3.44. The zero-order chi connectivity index (χ0) is 13.4. The number of esters is 1. The lowest BCUT2D eigenvalue weighted by atomic mass is 10.2. The van der Waals surface area contributed by atoms with E-state index in [0.717, 1.165) is 4.90 Å². The van der Waals surface area contributed by atoms with Gasteiger partial charge in [0.15, 0.2) is 0 Å². The number of nitrogens with zero attached hydrogens (tertiary/aromatic N) is 3. The lowest BCUT2D eigenvalue weighted by Gasteiger charge is -2.14. The molecule has 5 nitrogen and oxygen atoms in total. The maximum Gasteiger partial charge on any atom is 0.302 e. The monoisotopic (exact) mass is 265 g/mol. The smallest absolute Gasteiger partial charge is 0.302 e. The normalized spacial score (nSPS) is 11.4. The predicted octanol–water partition coefficient (Wildman–Crippen LogP) is 3.33. The quantitative estimate of drug-likeness (QED) is 0.260. The maximum atomic E-state index is 10.9. The van der Waals surface area contributed by atoms with E-state index in [1.807, 2.05) is 31.2 Å². The molecule has 0 unspecified atom stereocenters. The van der Waals surface area contributed by atoms with Gasteiger partial charge in [-0.05, 0) is 24.6 Å². The molecule has 0 amide bonds. The third-order valence-corrected chi connectivity index (χ3v) is 3.28. The van der Waals surface area contributed by atoms with Gasteiger partial charge in [0, 0.05) is 22.5 Å². The Morgan fingerprint density at radius 2 is 2.17 bits per heavy atom. The molecule has 18 heavy (non-hydrogen) atoms. The zero-order valence-electron chi connectivity index (χ0n) is 10.4. The van der Waals surface area contributed by atoms with Crippen molar-refractivity contribution in [3.05, 3.63) is 40.3 Å². The molecule has 96 valence electrons. The highest BCUT2D eigenvalue weighted by Crippen LogP contribution is 2.20. The molecule has 0 aliphatic heterocycles. The third kappa shape index (κ3) is 5.61. The summed E-state index contributed by atoms with van der Waals surface area (Å²) < 4.78 is 5.07. The summed E-state index contributed by atoms with van der Waals surface area (Å²) in [5.74, 6) is 0.208. The van der Waals surface area contributed by atoms with Crippen molar-refractivity contribution < 1.29 is 9.53 Å². The number of carbonyl (C=O) groups is 1. The van der Waals surface area contributed by atoms with Gasteiger partial charge >= 0.3 is 5.97 Å². The molecule has 0 aliphatic rings. The molecular formula is C12H15N3O2S. The van der Waals surface area contributed by atoms with Crippen LogP contribution in [0.1, 0.15) is 12.5 Å². The molecule has 0 aliphatic carbocycles. The van der Waals surface area contributed by atoms with Crippen LogP contribution >= 0.6 is 11.8 Å². The van der Waals surface area contributed by atoms with Crippen LogP contribution in [-0.4, -0.2) is 24.4 Å². The Labute approximate surface area is 110 Å². The van der Waals surface area contributed by atoms with Gasteiger partial charge in [0.05, 0.1) is 6.54 Å². The minimum Gasteiger partial charge on any atom is -0.462 e. The average Bonchev–Trinajstić information content (AvgIpc) is 2.34. The first-order valence-electron chi connectivity index (χ1n) is 5.49. The van der Waals surface area contributed by atoms with Crippen molar-refractivity contribution in [2.24, 2.45) is 5.11 Å². The molecule has 0 saturated heterocycles. The van der Waals surface area contributed by atoms with E-state index in [4.69, 9.17) is 10.3 Å². The fourth-order valence-corrected chi connectivity index (χ4v) is 2.19. The standard InChI is InChI=1S/C12H15N3O2S/c1-9-3-5-12(6-4-9)18-8-11(7-14-15-13)17-10(2)16/h3-6,11H,7-8H2,1-2H3/t11-/m1/s1. The summed E-state index contributed by atoms with van der Waals surface area (Å²) in [5.41, 5.74) is 9.48. The highest BCUT2D eigenvalue weighted by Gasteiger charge is 2.11. The molecule has 0 fully saturated rings. The zero-order valence-corrected chi connectivity index (χ0v) is 11.2. The molecule has 0 aromatic heterocycles. The first kappa shape index (κ1) is 14.4. The van der Waals surface area contributed by atoms with Gasteiger partial charge in [-0.15, -0.1) is 11.8 Å². The van der Waals surface area contributed by atoms with Crippen LogP contribution in [0, 0.1) is 6.92 Å². The summed E-state index contributed by atoms with van der Waals surface area (Å²) >= 11 is 1.57. The molecular weight excluding hydrogens is 250 g/mol. The molecule has 0 N–H and O–H groups in total. The SMILES string of the molecule is CC(=O)O[C@H](CN=[N+]=[N-])CSc1ccc(C)cc1. The summed E-state index contributed by atoms with van der Waals surface area (Å²) in [6.07, 6.45) is -0.385. The van der Waals surface area contributed by atoms with Crippen LogP contribution < -0.4 is 0 Å². The van der Waals surface area contributed by atoms with E-state index >= 15 is 0 Å². The second-order valence-electron chi connectivity index (χ2n) is 3.77. The van der Waals surface area contributed by atoms with Crippen LogP contribution in [0.15, 0.2) is 34.3 Å². The summed E-state index contributed by atoms with van der Waals surface area (Å²) in [4.78, 5) is 14.7. The van der Waals surface area contributed by atoms with Crippen LogP contribution in [0.4, 0.5) is 0 Å². The first-order valence-corrected chi connectivity index (χ1v) is 6.48. The van der Waals surface area contributed by atoms with Gasteiger partial charge in [0.1, 0.15) is 6.10 Å². The van der Waals surface area contributed by atoms with E-state index in [9.17, 15) is 4.79 Å². The van der Waals surface area contributed by atoms with E-state index in [1.54, 1.807) is 11.8 Å². The first-order chi connectivity index (χ1) is 8.61. The van der Waals surface area contributed by atoms with Crippen LogP contribution in [0.25, 0.3) is 10.4 Å². The molecule has 1 aromatic rings. The largest absolute Gasteiger partial charge is 0.462 e. The van der Waals surface area contributed by atoms with Crippen molar-refractivity contribution in [1.82, 2.24) is 0 Å². The summed E-state index contributed by atoms with van der Waals surface area (Å²) in [6, 6.07) is 8.07. The van der Waals surface area contributed by atoms with Crippen molar-refractivity contribution in [3.8, 4) is 0 Å². The molecule has 0 bridgehead atoms. The molecule has 0 radical (unpaired) electrons. The fraction of sp³-hybridized carbons (Fsp3) is 0.417. The Balaban J connectivity index is 2.52. The van der Waals surface area contributed by atoms with Crippen molar-refractivity contribution in [1.29, 1.82) is 0 Å². The number of thioether (sulfide) groups is 1. The minimum absolute atomic E-state index is 0.162.